The first-order chi connectivity index (χ1) is 13.9. The molecule has 0 saturated heterocycles. The molecule has 30 heavy (non-hydrogen) atoms. The van der Waals surface area contributed by atoms with Gasteiger partial charge >= 0.3 is 0 Å². The van der Waals surface area contributed by atoms with Gasteiger partial charge in [0.2, 0.25) is 50.9 Å². The Bertz CT molecular complexity index is 1070. The second kappa shape index (κ2) is 8.69. The van der Waals surface area contributed by atoms with Crippen molar-refractivity contribution in [3.05, 3.63) is 41.2 Å². The molecular formula is C16H13F5N2O6S. The zero-order chi connectivity index (χ0) is 22.8. The first kappa shape index (κ1) is 23.1. The second-order valence-corrected chi connectivity index (χ2v) is 7.32. The Morgan fingerprint density at radius 3 is 1.97 bits per heavy atom. The quantitative estimate of drug-likeness (QED) is 0.358. The lowest BCUT2D eigenvalue weighted by Gasteiger charge is -2.22. The van der Waals surface area contributed by atoms with Crippen LogP contribution in [-0.4, -0.2) is 46.4 Å². The predicted octanol–water partition coefficient (Wildman–Crippen LogP) is 2.17. The summed E-state index contributed by atoms with van der Waals surface area (Å²) < 4.78 is 105. The highest BCUT2D eigenvalue weighted by Crippen LogP contribution is 2.32. The number of aromatic nitrogens is 1. The molecule has 8 nitrogen and oxygen atoms in total. The molecule has 1 amide bonds. The molecule has 0 atom stereocenters. The fraction of sp³-hybridized carbons (Fsp3) is 0.250. The van der Waals surface area contributed by atoms with Crippen molar-refractivity contribution < 1.29 is 49.4 Å². The molecule has 2 rings (SSSR count). The van der Waals surface area contributed by atoms with E-state index in [1.54, 1.807) is 0 Å². The summed E-state index contributed by atoms with van der Waals surface area (Å²) in [5, 5.41) is 0. The summed E-state index contributed by atoms with van der Waals surface area (Å²) in [6.07, 6.45) is 0.618. The number of pyridine rings is 1. The van der Waals surface area contributed by atoms with Gasteiger partial charge in [-0.05, 0) is 6.07 Å². The fourth-order valence-electron chi connectivity index (χ4n) is 2.24. The van der Waals surface area contributed by atoms with Crippen LogP contribution in [0.2, 0.25) is 0 Å². The van der Waals surface area contributed by atoms with Gasteiger partial charge in [0, 0.05) is 6.07 Å². The van der Waals surface area contributed by atoms with Crippen molar-refractivity contribution in [2.75, 3.05) is 31.4 Å². The standard InChI is InChI=1S/C16H13F5N2O6S/c1-27-8-5-4-7(16(22-8)28-2)23(30(3,25)26)9(24)6-29-15-13(20)11(18)10(17)12(19)14(15)21/h4-5H,6H2,1-3H3. The molecule has 0 aliphatic carbocycles. The highest BCUT2D eigenvalue weighted by atomic mass is 32.2. The summed E-state index contributed by atoms with van der Waals surface area (Å²) in [5.74, 6) is -15.2. The number of amides is 1. The number of rotatable bonds is 7. The van der Waals surface area contributed by atoms with E-state index in [0.717, 1.165) is 13.2 Å². The van der Waals surface area contributed by atoms with Crippen molar-refractivity contribution in [2.24, 2.45) is 0 Å². The number of halogens is 5. The molecule has 14 heteroatoms. The zero-order valence-corrected chi connectivity index (χ0v) is 16.3. The van der Waals surface area contributed by atoms with Gasteiger partial charge in [0.15, 0.2) is 12.4 Å². The number of sulfonamides is 1. The maximum atomic E-state index is 13.7. The fourth-order valence-corrected chi connectivity index (χ4v) is 3.16. The van der Waals surface area contributed by atoms with E-state index < -0.39 is 63.1 Å². The van der Waals surface area contributed by atoms with E-state index >= 15 is 0 Å². The van der Waals surface area contributed by atoms with Crippen LogP contribution in [-0.2, 0) is 14.8 Å². The van der Waals surface area contributed by atoms with Crippen LogP contribution in [0.1, 0.15) is 0 Å². The molecular weight excluding hydrogens is 443 g/mol. The van der Waals surface area contributed by atoms with Crippen LogP contribution in [0.15, 0.2) is 12.1 Å². The smallest absolute Gasteiger partial charge is 0.278 e. The van der Waals surface area contributed by atoms with Crippen molar-refractivity contribution in [3.8, 4) is 17.5 Å². The lowest BCUT2D eigenvalue weighted by molar-refractivity contribution is -0.119. The molecule has 0 unspecified atom stereocenters. The summed E-state index contributed by atoms with van der Waals surface area (Å²) in [6, 6.07) is 2.27. The topological polar surface area (TPSA) is 95.0 Å². The van der Waals surface area contributed by atoms with Gasteiger partial charge in [-0.1, -0.05) is 0 Å². The van der Waals surface area contributed by atoms with Crippen LogP contribution in [0.4, 0.5) is 27.6 Å². The van der Waals surface area contributed by atoms with E-state index in [9.17, 15) is 35.2 Å². The lowest BCUT2D eigenvalue weighted by atomic mass is 10.2. The average molecular weight is 456 g/mol. The Morgan fingerprint density at radius 2 is 1.50 bits per heavy atom. The number of anilines is 1. The van der Waals surface area contributed by atoms with Crippen molar-refractivity contribution in [3.63, 3.8) is 0 Å². The van der Waals surface area contributed by atoms with Crippen LogP contribution in [0.25, 0.3) is 0 Å². The molecule has 0 spiro atoms. The van der Waals surface area contributed by atoms with Gasteiger partial charge in [0.05, 0.1) is 20.5 Å². The number of methoxy groups -OCH3 is 2. The van der Waals surface area contributed by atoms with Crippen molar-refractivity contribution in [2.45, 2.75) is 0 Å². The van der Waals surface area contributed by atoms with Gasteiger partial charge in [-0.25, -0.2) is 21.6 Å². The van der Waals surface area contributed by atoms with Crippen LogP contribution < -0.4 is 18.5 Å². The number of carbonyl (C=O) groups is 1. The van der Waals surface area contributed by atoms with E-state index in [2.05, 4.69) is 9.72 Å². The summed E-state index contributed by atoms with van der Waals surface area (Å²) >= 11 is 0. The Labute approximate surface area is 166 Å². The van der Waals surface area contributed by atoms with Gasteiger partial charge in [-0.15, -0.1) is 0 Å². The van der Waals surface area contributed by atoms with Gasteiger partial charge in [0.1, 0.15) is 5.69 Å². The number of hydrogen-bond donors (Lipinski definition) is 0. The first-order valence-corrected chi connectivity index (χ1v) is 9.55. The van der Waals surface area contributed by atoms with Crippen molar-refractivity contribution in [1.82, 2.24) is 4.98 Å². The highest BCUT2D eigenvalue weighted by Gasteiger charge is 2.32. The SMILES string of the molecule is COc1ccc(N(C(=O)COc2c(F)c(F)c(F)c(F)c2F)S(C)(=O)=O)c(OC)n1. The summed E-state index contributed by atoms with van der Waals surface area (Å²) in [5.41, 5.74) is -0.410. The third-order valence-corrected chi connectivity index (χ3v) is 4.57. The molecule has 0 N–H and O–H groups in total. The Morgan fingerprint density at radius 1 is 0.967 bits per heavy atom. The summed E-state index contributed by atoms with van der Waals surface area (Å²) in [7, 11) is -1.99. The van der Waals surface area contributed by atoms with Crippen molar-refractivity contribution in [1.29, 1.82) is 0 Å². The minimum Gasteiger partial charge on any atom is -0.481 e. The summed E-state index contributed by atoms with van der Waals surface area (Å²) in [6.45, 7) is -1.40. The number of ether oxygens (including phenoxy) is 3. The lowest BCUT2D eigenvalue weighted by Crippen LogP contribution is -2.39. The van der Waals surface area contributed by atoms with E-state index in [-0.39, 0.29) is 16.1 Å². The maximum absolute atomic E-state index is 13.7. The Hall–Kier alpha value is -3.16. The molecule has 1 aromatic heterocycles. The van der Waals surface area contributed by atoms with E-state index in [0.29, 0.717) is 6.26 Å². The number of benzene rings is 1. The van der Waals surface area contributed by atoms with Crippen LogP contribution in [0.5, 0.6) is 17.5 Å². The van der Waals surface area contributed by atoms with Gasteiger partial charge < -0.3 is 14.2 Å². The molecule has 0 fully saturated rings. The zero-order valence-electron chi connectivity index (χ0n) is 15.5. The molecule has 0 saturated carbocycles. The molecule has 1 aromatic carbocycles. The monoisotopic (exact) mass is 456 g/mol. The van der Waals surface area contributed by atoms with Gasteiger partial charge in [-0.3, -0.25) is 4.79 Å². The van der Waals surface area contributed by atoms with Gasteiger partial charge in [-0.2, -0.15) is 18.1 Å². The van der Waals surface area contributed by atoms with Crippen LogP contribution >= 0.6 is 0 Å². The third-order valence-electron chi connectivity index (χ3n) is 3.50. The van der Waals surface area contributed by atoms with Crippen LogP contribution in [0, 0.1) is 29.1 Å². The minimum atomic E-state index is -4.37. The normalized spacial score (nSPS) is 11.2. The highest BCUT2D eigenvalue weighted by molar-refractivity contribution is 7.92. The van der Waals surface area contributed by atoms with E-state index in [1.165, 1.54) is 13.2 Å². The average Bonchev–Trinajstić information content (AvgIpc) is 2.70. The van der Waals surface area contributed by atoms with E-state index in [4.69, 9.17) is 9.47 Å². The number of nitrogens with zero attached hydrogens (tertiary/aromatic N) is 2. The molecule has 164 valence electrons. The molecule has 1 heterocycles. The maximum Gasteiger partial charge on any atom is 0.278 e. The second-order valence-electron chi connectivity index (χ2n) is 5.49. The Kier molecular flexibility index (Phi) is 6.70. The first-order valence-electron chi connectivity index (χ1n) is 7.70. The Balaban J connectivity index is 2.43. The number of carbonyl (C=O) groups excluding carboxylic acids is 1. The van der Waals surface area contributed by atoms with Gasteiger partial charge in [0.25, 0.3) is 5.91 Å². The minimum absolute atomic E-state index is 0.00848. The number of hydrogen-bond acceptors (Lipinski definition) is 7. The predicted molar refractivity (Wildman–Crippen MR) is 91.4 cm³/mol. The van der Waals surface area contributed by atoms with E-state index in [1.807, 2.05) is 0 Å². The summed E-state index contributed by atoms with van der Waals surface area (Å²) in [4.78, 5) is 16.2. The molecule has 0 radical (unpaired) electrons. The van der Waals surface area contributed by atoms with Crippen LogP contribution in [0.3, 0.4) is 0 Å². The molecule has 2 aromatic rings. The third kappa shape index (κ3) is 4.37. The largest absolute Gasteiger partial charge is 0.481 e. The van der Waals surface area contributed by atoms with Crippen molar-refractivity contribution >= 4 is 21.6 Å². The molecule has 0 aliphatic heterocycles. The molecule has 0 bridgehead atoms. The molecule has 0 aliphatic rings.